The van der Waals surface area contributed by atoms with E-state index in [4.69, 9.17) is 16.3 Å². The van der Waals surface area contributed by atoms with Crippen molar-refractivity contribution in [1.82, 2.24) is 9.88 Å². The Hall–Kier alpha value is -3.50. The molecule has 8 nitrogen and oxygen atoms in total. The lowest BCUT2D eigenvalue weighted by atomic mass is 10.1. The Morgan fingerprint density at radius 2 is 1.77 bits per heavy atom. The number of urea groups is 1. The molecule has 3 aromatic carbocycles. The van der Waals surface area contributed by atoms with Gasteiger partial charge in [0.2, 0.25) is 5.91 Å². The van der Waals surface area contributed by atoms with Crippen LogP contribution in [0.5, 0.6) is 0 Å². The molecule has 0 saturated carbocycles. The van der Waals surface area contributed by atoms with Crippen molar-refractivity contribution in [3.05, 3.63) is 83.4 Å². The number of aryl methyl sites for hydroxylation is 1. The molecule has 4 aromatic rings. The molecule has 0 bridgehead atoms. The molecule has 0 aliphatic carbocycles. The summed E-state index contributed by atoms with van der Waals surface area (Å²) >= 11 is 7.41. The number of hydrogen-bond acceptors (Lipinski definition) is 6. The summed E-state index contributed by atoms with van der Waals surface area (Å²) in [5.74, 6) is -0.0763. The lowest BCUT2D eigenvalue weighted by Gasteiger charge is -2.30. The Morgan fingerprint density at radius 3 is 2.54 bits per heavy atom. The van der Waals surface area contributed by atoms with E-state index < -0.39 is 0 Å². The Bertz CT molecular complexity index is 1410. The number of rotatable bonds is 9. The predicted octanol–water partition coefficient (Wildman–Crippen LogP) is 5.89. The van der Waals surface area contributed by atoms with E-state index in [0.717, 1.165) is 41.1 Å². The topological polar surface area (TPSA) is 86.8 Å². The number of nitrogens with zero attached hydrogens (tertiary/aromatic N) is 3. The molecule has 0 unspecified atom stereocenters. The second-order valence-electron chi connectivity index (χ2n) is 9.25. The molecule has 1 fully saturated rings. The maximum Gasteiger partial charge on any atom is 0.326 e. The van der Waals surface area contributed by atoms with Gasteiger partial charge in [0.15, 0.2) is 5.13 Å². The van der Waals surface area contributed by atoms with E-state index >= 15 is 0 Å². The number of anilines is 3. The number of benzene rings is 3. The molecule has 1 saturated heterocycles. The van der Waals surface area contributed by atoms with Crippen LogP contribution in [0.25, 0.3) is 10.2 Å². The number of carbonyl (C=O) groups is 2. The lowest BCUT2D eigenvalue weighted by Crippen LogP contribution is -2.44. The van der Waals surface area contributed by atoms with E-state index in [0.29, 0.717) is 48.4 Å². The first-order valence-corrected chi connectivity index (χ1v) is 14.1. The number of carbonyl (C=O) groups excluding carboxylic acids is 2. The third-order valence-electron chi connectivity index (χ3n) is 6.50. The van der Waals surface area contributed by atoms with E-state index in [1.807, 2.05) is 48.5 Å². The molecular weight excluding hydrogens is 534 g/mol. The minimum Gasteiger partial charge on any atom is -0.379 e. The molecular formula is C29H30ClN5O3S. The summed E-state index contributed by atoms with van der Waals surface area (Å²) < 4.78 is 6.35. The molecule has 0 radical (unpaired) electrons. The monoisotopic (exact) mass is 563 g/mol. The number of morpholine rings is 1. The van der Waals surface area contributed by atoms with Crippen molar-refractivity contribution in [2.75, 3.05) is 54.9 Å². The molecule has 39 heavy (non-hydrogen) atoms. The van der Waals surface area contributed by atoms with Gasteiger partial charge in [-0.1, -0.05) is 53.3 Å². The zero-order chi connectivity index (χ0) is 27.0. The van der Waals surface area contributed by atoms with Crippen LogP contribution in [0, 0.1) is 0 Å². The minimum absolute atomic E-state index is 0.0763. The SMILES string of the molecule is O=C(CCc1ccccc1)Nc1nc2ccc(N(CCN3CCOCC3)C(=O)Nc3ccc(Cl)cc3)cc2s1. The summed E-state index contributed by atoms with van der Waals surface area (Å²) in [6, 6.07) is 22.5. The van der Waals surface area contributed by atoms with Crippen molar-refractivity contribution in [3.63, 3.8) is 0 Å². The minimum atomic E-state index is -0.233. The van der Waals surface area contributed by atoms with Crippen LogP contribution >= 0.6 is 22.9 Å². The largest absolute Gasteiger partial charge is 0.379 e. The van der Waals surface area contributed by atoms with Crippen LogP contribution in [0.3, 0.4) is 0 Å². The Morgan fingerprint density at radius 1 is 1.00 bits per heavy atom. The summed E-state index contributed by atoms with van der Waals surface area (Å²) in [5, 5.41) is 7.06. The van der Waals surface area contributed by atoms with Gasteiger partial charge in [0.05, 0.1) is 23.4 Å². The van der Waals surface area contributed by atoms with Crippen molar-refractivity contribution in [2.45, 2.75) is 12.8 Å². The normalized spacial score (nSPS) is 13.8. The van der Waals surface area contributed by atoms with Gasteiger partial charge >= 0.3 is 6.03 Å². The molecule has 0 spiro atoms. The third-order valence-corrected chi connectivity index (χ3v) is 7.68. The number of amides is 3. The van der Waals surface area contributed by atoms with E-state index in [1.165, 1.54) is 11.3 Å². The van der Waals surface area contributed by atoms with Crippen LogP contribution in [0.1, 0.15) is 12.0 Å². The standard InChI is InChI=1S/C29H30ClN5O3S/c30-22-7-9-23(10-8-22)31-29(37)35(15-14-34-16-18-38-19-17-34)24-11-12-25-26(20-24)39-28(32-25)33-27(36)13-6-21-4-2-1-3-5-21/h1-5,7-12,20H,6,13-19H2,(H,31,37)(H,32,33,36). The highest BCUT2D eigenvalue weighted by Gasteiger charge is 2.20. The number of thiazole rings is 1. The average Bonchev–Trinajstić information content (AvgIpc) is 3.36. The fourth-order valence-corrected chi connectivity index (χ4v) is 5.40. The number of ether oxygens (including phenoxy) is 1. The fraction of sp³-hybridized carbons (Fsp3) is 0.276. The van der Waals surface area contributed by atoms with Crippen molar-refractivity contribution >= 4 is 61.6 Å². The van der Waals surface area contributed by atoms with Crippen LogP contribution in [0.2, 0.25) is 5.02 Å². The van der Waals surface area contributed by atoms with Crippen molar-refractivity contribution in [2.24, 2.45) is 0 Å². The van der Waals surface area contributed by atoms with Crippen LogP contribution in [0.4, 0.5) is 21.3 Å². The van der Waals surface area contributed by atoms with E-state index in [1.54, 1.807) is 29.2 Å². The van der Waals surface area contributed by atoms with E-state index in [-0.39, 0.29) is 11.9 Å². The molecule has 0 atom stereocenters. The number of hydrogen-bond donors (Lipinski definition) is 2. The first-order valence-electron chi connectivity index (χ1n) is 12.9. The summed E-state index contributed by atoms with van der Waals surface area (Å²) in [4.78, 5) is 34.6. The second-order valence-corrected chi connectivity index (χ2v) is 10.7. The van der Waals surface area contributed by atoms with Gasteiger partial charge in [-0.15, -0.1) is 0 Å². The van der Waals surface area contributed by atoms with Crippen LogP contribution < -0.4 is 15.5 Å². The first kappa shape index (κ1) is 27.1. The third kappa shape index (κ3) is 7.54. The Balaban J connectivity index is 1.29. The Labute approximate surface area is 236 Å². The smallest absolute Gasteiger partial charge is 0.326 e. The molecule has 5 rings (SSSR count). The fourth-order valence-electron chi connectivity index (χ4n) is 4.36. The highest BCUT2D eigenvalue weighted by Crippen LogP contribution is 2.30. The van der Waals surface area contributed by atoms with Gasteiger partial charge in [0.1, 0.15) is 0 Å². The molecule has 202 valence electrons. The van der Waals surface area contributed by atoms with E-state index in [2.05, 4.69) is 20.5 Å². The highest BCUT2D eigenvalue weighted by molar-refractivity contribution is 7.22. The second kappa shape index (κ2) is 13.0. The number of aromatic nitrogens is 1. The van der Waals surface area contributed by atoms with Crippen LogP contribution in [-0.2, 0) is 16.0 Å². The van der Waals surface area contributed by atoms with Gasteiger partial charge < -0.3 is 15.4 Å². The number of halogens is 1. The van der Waals surface area contributed by atoms with Crippen molar-refractivity contribution in [1.29, 1.82) is 0 Å². The van der Waals surface area contributed by atoms with Crippen LogP contribution in [-0.4, -0.2) is 61.2 Å². The molecule has 1 aliphatic rings. The summed E-state index contributed by atoms with van der Waals surface area (Å²) in [5.41, 5.74) is 3.32. The van der Waals surface area contributed by atoms with Gasteiger partial charge in [0, 0.05) is 49.0 Å². The Kier molecular flexibility index (Phi) is 9.05. The molecule has 3 amide bonds. The number of nitrogens with one attached hydrogen (secondary N) is 2. The molecule has 1 aliphatic heterocycles. The van der Waals surface area contributed by atoms with Crippen molar-refractivity contribution in [3.8, 4) is 0 Å². The van der Waals surface area contributed by atoms with Gasteiger partial charge in [-0.05, 0) is 54.4 Å². The van der Waals surface area contributed by atoms with Gasteiger partial charge in [-0.2, -0.15) is 0 Å². The molecule has 1 aromatic heterocycles. The lowest BCUT2D eigenvalue weighted by molar-refractivity contribution is -0.116. The quantitative estimate of drug-likeness (QED) is 0.265. The average molecular weight is 564 g/mol. The molecule has 2 N–H and O–H groups in total. The summed E-state index contributed by atoms with van der Waals surface area (Å²) in [7, 11) is 0. The maximum atomic E-state index is 13.4. The molecule has 10 heteroatoms. The highest BCUT2D eigenvalue weighted by atomic mass is 35.5. The summed E-state index contributed by atoms with van der Waals surface area (Å²) in [6.45, 7) is 4.31. The van der Waals surface area contributed by atoms with Crippen molar-refractivity contribution < 1.29 is 14.3 Å². The van der Waals surface area contributed by atoms with Gasteiger partial charge in [-0.25, -0.2) is 9.78 Å². The van der Waals surface area contributed by atoms with Gasteiger partial charge in [0.25, 0.3) is 0 Å². The van der Waals surface area contributed by atoms with Crippen LogP contribution in [0.15, 0.2) is 72.8 Å². The van der Waals surface area contributed by atoms with E-state index in [9.17, 15) is 9.59 Å². The predicted molar refractivity (Wildman–Crippen MR) is 158 cm³/mol. The van der Waals surface area contributed by atoms with Gasteiger partial charge in [-0.3, -0.25) is 14.6 Å². The zero-order valence-electron chi connectivity index (χ0n) is 21.4. The first-order chi connectivity index (χ1) is 19.0. The summed E-state index contributed by atoms with van der Waals surface area (Å²) in [6.07, 6.45) is 1.05. The maximum absolute atomic E-state index is 13.4. The molecule has 2 heterocycles. The zero-order valence-corrected chi connectivity index (χ0v) is 23.0. The number of fused-ring (bicyclic) bond motifs is 1.